The monoisotopic (exact) mass is 234 g/mol. The van der Waals surface area contributed by atoms with Gasteiger partial charge in [-0.15, -0.1) is 0 Å². The highest BCUT2D eigenvalue weighted by Gasteiger charge is 2.22. The zero-order valence-electron chi connectivity index (χ0n) is 9.73. The summed E-state index contributed by atoms with van der Waals surface area (Å²) < 4.78 is 0. The van der Waals surface area contributed by atoms with Crippen molar-refractivity contribution in [3.05, 3.63) is 35.9 Å². The van der Waals surface area contributed by atoms with E-state index in [9.17, 15) is 9.90 Å². The van der Waals surface area contributed by atoms with E-state index in [0.29, 0.717) is 0 Å². The minimum atomic E-state index is -0.637. The van der Waals surface area contributed by atoms with Crippen molar-refractivity contribution in [2.45, 2.75) is 25.0 Å². The van der Waals surface area contributed by atoms with Gasteiger partial charge in [-0.05, 0) is 24.9 Å². The highest BCUT2D eigenvalue weighted by Crippen LogP contribution is 2.11. The first-order valence-corrected chi connectivity index (χ1v) is 6.01. The second kappa shape index (κ2) is 5.80. The summed E-state index contributed by atoms with van der Waals surface area (Å²) in [5.41, 5.74) is 0.826. The first-order chi connectivity index (χ1) is 8.27. The maximum atomic E-state index is 11.7. The van der Waals surface area contributed by atoms with Crippen LogP contribution in [0.1, 0.15) is 24.5 Å². The number of carbonyl (C=O) groups is 1. The lowest BCUT2D eigenvalue weighted by molar-refractivity contribution is -0.123. The molecule has 0 aromatic heterocycles. The molecule has 1 aromatic carbocycles. The van der Waals surface area contributed by atoms with Gasteiger partial charge in [0.05, 0.1) is 12.1 Å². The van der Waals surface area contributed by atoms with Crippen molar-refractivity contribution in [3.8, 4) is 0 Å². The van der Waals surface area contributed by atoms with Crippen LogP contribution in [0.15, 0.2) is 30.3 Å². The molecule has 0 aliphatic carbocycles. The number of hydrogen-bond donors (Lipinski definition) is 3. The maximum Gasteiger partial charge on any atom is 0.237 e. The van der Waals surface area contributed by atoms with Crippen LogP contribution in [0.5, 0.6) is 0 Å². The Labute approximate surface area is 101 Å². The van der Waals surface area contributed by atoms with Gasteiger partial charge < -0.3 is 15.7 Å². The molecule has 92 valence electrons. The number of amides is 1. The summed E-state index contributed by atoms with van der Waals surface area (Å²) in [6.45, 7) is 1.17. The fourth-order valence-corrected chi connectivity index (χ4v) is 2.02. The Balaban J connectivity index is 1.80. The first-order valence-electron chi connectivity index (χ1n) is 6.01. The second-order valence-corrected chi connectivity index (χ2v) is 4.32. The molecule has 0 spiro atoms. The summed E-state index contributed by atoms with van der Waals surface area (Å²) in [5, 5.41) is 15.8. The molecule has 1 heterocycles. The molecule has 1 aliphatic rings. The van der Waals surface area contributed by atoms with Crippen molar-refractivity contribution in [2.75, 3.05) is 13.1 Å². The Hall–Kier alpha value is -1.39. The van der Waals surface area contributed by atoms with Crippen molar-refractivity contribution < 1.29 is 9.90 Å². The van der Waals surface area contributed by atoms with Crippen molar-refractivity contribution in [1.29, 1.82) is 0 Å². The molecule has 4 heteroatoms. The van der Waals surface area contributed by atoms with Crippen LogP contribution in [0.2, 0.25) is 0 Å². The molecule has 2 atom stereocenters. The molecule has 0 saturated carbocycles. The summed E-state index contributed by atoms with van der Waals surface area (Å²) in [4.78, 5) is 11.7. The van der Waals surface area contributed by atoms with Crippen molar-refractivity contribution in [1.82, 2.24) is 10.6 Å². The third kappa shape index (κ3) is 3.28. The molecule has 1 amide bonds. The van der Waals surface area contributed by atoms with Gasteiger partial charge in [0, 0.05) is 6.54 Å². The third-order valence-electron chi connectivity index (χ3n) is 3.03. The number of benzene rings is 1. The summed E-state index contributed by atoms with van der Waals surface area (Å²) in [5.74, 6) is -0.0162. The summed E-state index contributed by atoms with van der Waals surface area (Å²) in [6.07, 6.45) is 1.29. The van der Waals surface area contributed by atoms with Crippen LogP contribution in [0.4, 0.5) is 0 Å². The van der Waals surface area contributed by atoms with Gasteiger partial charge in [-0.3, -0.25) is 4.79 Å². The normalized spacial score (nSPS) is 21.1. The van der Waals surface area contributed by atoms with Crippen LogP contribution in [0.3, 0.4) is 0 Å². The second-order valence-electron chi connectivity index (χ2n) is 4.32. The van der Waals surface area contributed by atoms with E-state index < -0.39 is 6.10 Å². The van der Waals surface area contributed by atoms with Gasteiger partial charge in [0.1, 0.15) is 0 Å². The number of carbonyl (C=O) groups excluding carboxylic acids is 1. The van der Waals surface area contributed by atoms with Gasteiger partial charge in [0.2, 0.25) is 5.91 Å². The summed E-state index contributed by atoms with van der Waals surface area (Å²) in [6, 6.07) is 9.27. The molecule has 3 N–H and O–H groups in total. The lowest BCUT2D eigenvalue weighted by Gasteiger charge is -2.15. The van der Waals surface area contributed by atoms with E-state index in [2.05, 4.69) is 10.6 Å². The van der Waals surface area contributed by atoms with E-state index in [0.717, 1.165) is 24.9 Å². The Morgan fingerprint density at radius 1 is 1.47 bits per heavy atom. The predicted molar refractivity (Wildman–Crippen MR) is 65.4 cm³/mol. The molecule has 1 aromatic rings. The Morgan fingerprint density at radius 2 is 2.24 bits per heavy atom. The molecule has 2 rings (SSSR count). The van der Waals surface area contributed by atoms with Gasteiger partial charge >= 0.3 is 0 Å². The number of rotatable bonds is 4. The topological polar surface area (TPSA) is 61.4 Å². The molecule has 0 radical (unpaired) electrons. The van der Waals surface area contributed by atoms with Crippen LogP contribution in [0.25, 0.3) is 0 Å². The van der Waals surface area contributed by atoms with Gasteiger partial charge in [-0.25, -0.2) is 0 Å². The third-order valence-corrected chi connectivity index (χ3v) is 3.03. The molecule has 0 bridgehead atoms. The van der Waals surface area contributed by atoms with Gasteiger partial charge in [0.25, 0.3) is 0 Å². The molecule has 1 saturated heterocycles. The average Bonchev–Trinajstić information content (AvgIpc) is 2.90. The van der Waals surface area contributed by atoms with Crippen LogP contribution < -0.4 is 10.6 Å². The minimum absolute atomic E-state index is 0.0162. The van der Waals surface area contributed by atoms with Crippen LogP contribution in [-0.2, 0) is 4.79 Å². The van der Waals surface area contributed by atoms with Gasteiger partial charge in [0.15, 0.2) is 0 Å². The lowest BCUT2D eigenvalue weighted by atomic mass is 10.1. The fourth-order valence-electron chi connectivity index (χ4n) is 2.02. The van der Waals surface area contributed by atoms with Gasteiger partial charge in [-0.1, -0.05) is 30.3 Å². The smallest absolute Gasteiger partial charge is 0.237 e. The molecule has 1 fully saturated rings. The summed E-state index contributed by atoms with van der Waals surface area (Å²) >= 11 is 0. The Kier molecular flexibility index (Phi) is 4.12. The van der Waals surface area contributed by atoms with E-state index in [4.69, 9.17) is 0 Å². The molecule has 1 aliphatic heterocycles. The Bertz CT molecular complexity index is 361. The zero-order valence-corrected chi connectivity index (χ0v) is 9.73. The highest BCUT2D eigenvalue weighted by molar-refractivity contribution is 5.82. The van der Waals surface area contributed by atoms with Crippen molar-refractivity contribution >= 4 is 5.91 Å². The van der Waals surface area contributed by atoms with E-state index in [1.807, 2.05) is 30.3 Å². The van der Waals surface area contributed by atoms with Crippen LogP contribution in [0, 0.1) is 0 Å². The molecule has 4 nitrogen and oxygen atoms in total. The average molecular weight is 234 g/mol. The molecular formula is C13H18N2O2. The largest absolute Gasteiger partial charge is 0.387 e. The number of hydrogen-bond acceptors (Lipinski definition) is 3. The minimum Gasteiger partial charge on any atom is -0.387 e. The predicted octanol–water partition coefficient (Wildman–Crippen LogP) is 0.588. The van der Waals surface area contributed by atoms with E-state index in [1.54, 1.807) is 0 Å². The fraction of sp³-hybridized carbons (Fsp3) is 0.462. The number of aliphatic hydroxyl groups is 1. The van der Waals surface area contributed by atoms with Gasteiger partial charge in [-0.2, -0.15) is 0 Å². The van der Waals surface area contributed by atoms with Crippen LogP contribution in [-0.4, -0.2) is 30.1 Å². The van der Waals surface area contributed by atoms with E-state index in [-0.39, 0.29) is 18.5 Å². The first kappa shape index (κ1) is 12.1. The zero-order chi connectivity index (χ0) is 12.1. The molecule has 17 heavy (non-hydrogen) atoms. The molecular weight excluding hydrogens is 216 g/mol. The van der Waals surface area contributed by atoms with E-state index >= 15 is 0 Å². The van der Waals surface area contributed by atoms with Crippen molar-refractivity contribution in [2.24, 2.45) is 0 Å². The number of aliphatic hydroxyl groups excluding tert-OH is 1. The quantitative estimate of drug-likeness (QED) is 0.714. The van der Waals surface area contributed by atoms with E-state index in [1.165, 1.54) is 0 Å². The highest BCUT2D eigenvalue weighted by atomic mass is 16.3. The van der Waals surface area contributed by atoms with Crippen LogP contribution >= 0.6 is 0 Å². The SMILES string of the molecule is O=C(NCC(O)c1ccccc1)[C@H]1CCCN1. The van der Waals surface area contributed by atoms with Crippen molar-refractivity contribution in [3.63, 3.8) is 0 Å². The standard InChI is InChI=1S/C13H18N2O2/c16-12(10-5-2-1-3-6-10)9-15-13(17)11-7-4-8-14-11/h1-3,5-6,11-12,14,16H,4,7-9H2,(H,15,17)/t11-,12?/m1/s1. The number of nitrogens with one attached hydrogen (secondary N) is 2. The lowest BCUT2D eigenvalue weighted by Crippen LogP contribution is -2.41. The molecule has 1 unspecified atom stereocenters. The Morgan fingerprint density at radius 3 is 2.88 bits per heavy atom. The summed E-state index contributed by atoms with van der Waals surface area (Å²) in [7, 11) is 0. The maximum absolute atomic E-state index is 11.7.